The highest BCUT2D eigenvalue weighted by molar-refractivity contribution is 14.0. The first-order valence-corrected chi connectivity index (χ1v) is 10.7. The Morgan fingerprint density at radius 2 is 2.00 bits per heavy atom. The van der Waals surface area contributed by atoms with Crippen molar-refractivity contribution in [3.8, 4) is 0 Å². The summed E-state index contributed by atoms with van der Waals surface area (Å²) in [7, 11) is 1.79. The van der Waals surface area contributed by atoms with Gasteiger partial charge in [0.1, 0.15) is 5.82 Å². The lowest BCUT2D eigenvalue weighted by molar-refractivity contribution is 0.629. The van der Waals surface area contributed by atoms with E-state index in [1.165, 1.54) is 41.8 Å². The molecule has 0 aliphatic carbocycles. The minimum absolute atomic E-state index is 0. The van der Waals surface area contributed by atoms with Gasteiger partial charge in [0.15, 0.2) is 5.96 Å². The van der Waals surface area contributed by atoms with Crippen LogP contribution in [0.1, 0.15) is 36.9 Å². The summed E-state index contributed by atoms with van der Waals surface area (Å²) in [6, 6.07) is 13.8. The number of hydrogen-bond acceptors (Lipinski definition) is 2. The zero-order chi connectivity index (χ0) is 20.9. The molecule has 2 heterocycles. The predicted molar refractivity (Wildman–Crippen MR) is 138 cm³/mol. The fourth-order valence-corrected chi connectivity index (χ4v) is 4.13. The second kappa shape index (κ2) is 10.8. The minimum atomic E-state index is -0.221. The molecule has 3 N–H and O–H groups in total. The maximum atomic E-state index is 13.4. The van der Waals surface area contributed by atoms with Crippen molar-refractivity contribution in [2.24, 2.45) is 4.99 Å². The molecule has 0 saturated carbocycles. The highest BCUT2D eigenvalue weighted by Gasteiger charge is 2.14. The summed E-state index contributed by atoms with van der Waals surface area (Å²) < 4.78 is 13.4. The smallest absolute Gasteiger partial charge is 0.191 e. The number of fused-ring (bicyclic) bond motifs is 1. The number of nitrogens with zero attached hydrogens (tertiary/aromatic N) is 2. The van der Waals surface area contributed by atoms with Crippen LogP contribution in [0.2, 0.25) is 0 Å². The van der Waals surface area contributed by atoms with E-state index in [4.69, 9.17) is 0 Å². The molecule has 0 bridgehead atoms. The SMILES string of the molecule is CN=C(NCCc1c[nH]c2cc(F)ccc12)NC(C)c1cccc(N2CCCC2)c1.I. The zero-order valence-corrected chi connectivity index (χ0v) is 20.4. The number of benzene rings is 2. The molecular weight excluding hydrogens is 504 g/mol. The number of aliphatic imine (C=N–C) groups is 1. The predicted octanol–water partition coefficient (Wildman–Crippen LogP) is 4.99. The van der Waals surface area contributed by atoms with Crippen LogP contribution in [0.3, 0.4) is 0 Å². The van der Waals surface area contributed by atoms with Crippen LogP contribution in [-0.4, -0.2) is 37.6 Å². The normalized spacial score (nSPS) is 15.1. The number of aromatic amines is 1. The highest BCUT2D eigenvalue weighted by Crippen LogP contribution is 2.24. The van der Waals surface area contributed by atoms with Gasteiger partial charge in [0.2, 0.25) is 0 Å². The molecule has 1 aromatic heterocycles. The van der Waals surface area contributed by atoms with Gasteiger partial charge >= 0.3 is 0 Å². The lowest BCUT2D eigenvalue weighted by Crippen LogP contribution is -2.39. The second-order valence-corrected chi connectivity index (χ2v) is 7.91. The van der Waals surface area contributed by atoms with E-state index in [9.17, 15) is 4.39 Å². The summed E-state index contributed by atoms with van der Waals surface area (Å²) in [5, 5.41) is 7.95. The largest absolute Gasteiger partial charge is 0.372 e. The van der Waals surface area contributed by atoms with Crippen molar-refractivity contribution in [1.29, 1.82) is 0 Å². The van der Waals surface area contributed by atoms with Gasteiger partial charge in [-0.15, -0.1) is 24.0 Å². The van der Waals surface area contributed by atoms with Crippen molar-refractivity contribution in [1.82, 2.24) is 15.6 Å². The lowest BCUT2D eigenvalue weighted by Gasteiger charge is -2.22. The molecule has 1 atom stereocenters. The van der Waals surface area contributed by atoms with Crippen molar-refractivity contribution < 1.29 is 4.39 Å². The van der Waals surface area contributed by atoms with E-state index in [1.807, 2.05) is 12.3 Å². The average molecular weight is 535 g/mol. The quantitative estimate of drug-likeness (QED) is 0.237. The topological polar surface area (TPSA) is 55.5 Å². The number of rotatable bonds is 6. The second-order valence-electron chi connectivity index (χ2n) is 7.91. The summed E-state index contributed by atoms with van der Waals surface area (Å²) in [6.07, 6.45) is 5.33. The minimum Gasteiger partial charge on any atom is -0.372 e. The standard InChI is InChI=1S/C24H30FN5.HI/c1-17(18-6-5-7-21(14-18)30-12-3-4-13-30)29-24(26-2)27-11-10-19-16-28-23-15-20(25)8-9-22(19)23;/h5-9,14-17,28H,3-4,10-13H2,1-2H3,(H2,26,27,29);1H. The summed E-state index contributed by atoms with van der Waals surface area (Å²) in [5.74, 6) is 0.557. The van der Waals surface area contributed by atoms with Crippen molar-refractivity contribution in [2.75, 3.05) is 31.6 Å². The third-order valence-corrected chi connectivity index (χ3v) is 5.83. The van der Waals surface area contributed by atoms with Gasteiger partial charge in [-0.25, -0.2) is 4.39 Å². The zero-order valence-electron chi connectivity index (χ0n) is 18.1. The van der Waals surface area contributed by atoms with Crippen LogP contribution in [0.15, 0.2) is 53.7 Å². The molecule has 1 aliphatic heterocycles. The van der Waals surface area contributed by atoms with Crippen LogP contribution in [0.25, 0.3) is 10.9 Å². The molecule has 1 unspecified atom stereocenters. The Morgan fingerprint density at radius 3 is 2.77 bits per heavy atom. The number of H-pyrrole nitrogens is 1. The van der Waals surface area contributed by atoms with Crippen LogP contribution < -0.4 is 15.5 Å². The molecule has 1 aliphatic rings. The number of guanidine groups is 1. The molecule has 2 aromatic carbocycles. The van der Waals surface area contributed by atoms with E-state index in [0.717, 1.165) is 42.9 Å². The van der Waals surface area contributed by atoms with Crippen molar-refractivity contribution >= 4 is 46.5 Å². The molecule has 7 heteroatoms. The Hall–Kier alpha value is -2.29. The molecule has 3 aromatic rings. The molecule has 4 rings (SSSR count). The monoisotopic (exact) mass is 535 g/mol. The first kappa shape index (κ1) is 23.4. The van der Waals surface area contributed by atoms with E-state index >= 15 is 0 Å². The molecule has 31 heavy (non-hydrogen) atoms. The van der Waals surface area contributed by atoms with E-state index < -0.39 is 0 Å². The summed E-state index contributed by atoms with van der Waals surface area (Å²) in [4.78, 5) is 9.97. The molecule has 0 amide bonds. The number of halogens is 2. The maximum Gasteiger partial charge on any atom is 0.191 e. The number of anilines is 1. The summed E-state index contributed by atoms with van der Waals surface area (Å²) in [5.41, 5.74) is 4.55. The molecular formula is C24H31FIN5. The Kier molecular flexibility index (Phi) is 8.17. The molecule has 166 valence electrons. The third kappa shape index (κ3) is 5.70. The summed E-state index contributed by atoms with van der Waals surface area (Å²) >= 11 is 0. The van der Waals surface area contributed by atoms with Crippen molar-refractivity contribution in [2.45, 2.75) is 32.2 Å². The fraction of sp³-hybridized carbons (Fsp3) is 0.375. The van der Waals surface area contributed by atoms with E-state index in [1.54, 1.807) is 7.05 Å². The average Bonchev–Trinajstić information content (AvgIpc) is 3.43. The molecule has 1 fully saturated rings. The first-order chi connectivity index (χ1) is 14.6. The Bertz CT molecular complexity index is 1030. The van der Waals surface area contributed by atoms with Crippen LogP contribution >= 0.6 is 24.0 Å². The Labute approximate surface area is 200 Å². The van der Waals surface area contributed by atoms with Gasteiger partial charge in [-0.3, -0.25) is 4.99 Å². The van der Waals surface area contributed by atoms with Gasteiger partial charge in [-0.2, -0.15) is 0 Å². The third-order valence-electron chi connectivity index (χ3n) is 5.83. The van der Waals surface area contributed by atoms with Crippen LogP contribution in [0, 0.1) is 5.82 Å². The molecule has 0 spiro atoms. The number of aromatic nitrogens is 1. The molecule has 0 radical (unpaired) electrons. The summed E-state index contributed by atoms with van der Waals surface area (Å²) in [6.45, 7) is 5.19. The molecule has 1 saturated heterocycles. The lowest BCUT2D eigenvalue weighted by atomic mass is 10.1. The van der Waals surface area contributed by atoms with E-state index in [-0.39, 0.29) is 35.8 Å². The van der Waals surface area contributed by atoms with Crippen LogP contribution in [0.4, 0.5) is 10.1 Å². The number of nitrogens with one attached hydrogen (secondary N) is 3. The first-order valence-electron chi connectivity index (χ1n) is 10.7. The van der Waals surface area contributed by atoms with Crippen LogP contribution in [0.5, 0.6) is 0 Å². The van der Waals surface area contributed by atoms with Gasteiger partial charge < -0.3 is 20.5 Å². The Balaban J connectivity index is 0.00000272. The fourth-order valence-electron chi connectivity index (χ4n) is 4.13. The van der Waals surface area contributed by atoms with E-state index in [0.29, 0.717) is 0 Å². The highest BCUT2D eigenvalue weighted by atomic mass is 127. The van der Waals surface area contributed by atoms with Gasteiger partial charge in [0, 0.05) is 49.5 Å². The number of hydrogen-bond donors (Lipinski definition) is 3. The van der Waals surface area contributed by atoms with Crippen molar-refractivity contribution in [3.05, 3.63) is 65.6 Å². The van der Waals surface area contributed by atoms with Crippen LogP contribution in [-0.2, 0) is 6.42 Å². The molecule has 5 nitrogen and oxygen atoms in total. The van der Waals surface area contributed by atoms with Gasteiger partial charge in [0.05, 0.1) is 6.04 Å². The van der Waals surface area contributed by atoms with Gasteiger partial charge in [-0.1, -0.05) is 12.1 Å². The van der Waals surface area contributed by atoms with Gasteiger partial charge in [-0.05, 0) is 67.6 Å². The maximum absolute atomic E-state index is 13.4. The van der Waals surface area contributed by atoms with Crippen molar-refractivity contribution in [3.63, 3.8) is 0 Å². The Morgan fingerprint density at radius 1 is 1.19 bits per heavy atom. The van der Waals surface area contributed by atoms with Gasteiger partial charge in [0.25, 0.3) is 0 Å². The van der Waals surface area contributed by atoms with E-state index in [2.05, 4.69) is 56.7 Å².